The van der Waals surface area contributed by atoms with Crippen molar-refractivity contribution in [3.05, 3.63) is 70.0 Å². The number of aromatic nitrogens is 2. The number of para-hydroxylation sites is 2. The van der Waals surface area contributed by atoms with Crippen LogP contribution in [0.5, 0.6) is 0 Å². The molecule has 1 aromatic heterocycles. The number of non-ortho nitro benzene ring substituents is 1. The molecular formula is C19H18N4O3. The van der Waals surface area contributed by atoms with E-state index in [2.05, 4.69) is 9.97 Å². The summed E-state index contributed by atoms with van der Waals surface area (Å²) in [6.07, 6.45) is 1.88. The Morgan fingerprint density at radius 2 is 1.96 bits per heavy atom. The SMILES string of the molecule is O=C(c1ccc([N+](=O)[O-])cc1)N1CCCC(c2nc3ccccc3[nH]2)C1. The first-order valence-corrected chi connectivity index (χ1v) is 8.60. The smallest absolute Gasteiger partial charge is 0.269 e. The minimum Gasteiger partial charge on any atom is -0.342 e. The minimum atomic E-state index is -0.466. The maximum absolute atomic E-state index is 12.8. The number of nitrogens with one attached hydrogen (secondary N) is 1. The average Bonchev–Trinajstić information content (AvgIpc) is 3.12. The van der Waals surface area contributed by atoms with Gasteiger partial charge in [-0.25, -0.2) is 4.98 Å². The predicted octanol–water partition coefficient (Wildman–Crippen LogP) is 3.49. The van der Waals surface area contributed by atoms with Crippen LogP contribution in [0.15, 0.2) is 48.5 Å². The lowest BCUT2D eigenvalue weighted by molar-refractivity contribution is -0.384. The van der Waals surface area contributed by atoms with Gasteiger partial charge < -0.3 is 9.88 Å². The van der Waals surface area contributed by atoms with Crippen molar-refractivity contribution in [2.24, 2.45) is 0 Å². The predicted molar refractivity (Wildman–Crippen MR) is 97.1 cm³/mol. The summed E-state index contributed by atoms with van der Waals surface area (Å²) in [6, 6.07) is 13.7. The molecule has 132 valence electrons. The molecule has 7 heteroatoms. The fraction of sp³-hybridized carbons (Fsp3) is 0.263. The number of carbonyl (C=O) groups excluding carboxylic acids is 1. The third-order valence-electron chi connectivity index (χ3n) is 4.83. The average molecular weight is 350 g/mol. The van der Waals surface area contributed by atoms with E-state index in [9.17, 15) is 14.9 Å². The lowest BCUT2D eigenvalue weighted by Gasteiger charge is -2.32. The van der Waals surface area contributed by atoms with Crippen molar-refractivity contribution in [1.82, 2.24) is 14.9 Å². The number of aromatic amines is 1. The number of piperidine rings is 1. The number of nitrogens with zero attached hydrogens (tertiary/aromatic N) is 3. The van der Waals surface area contributed by atoms with Crippen LogP contribution in [0.3, 0.4) is 0 Å². The van der Waals surface area contributed by atoms with Crippen molar-refractivity contribution in [2.45, 2.75) is 18.8 Å². The summed E-state index contributed by atoms with van der Waals surface area (Å²) in [5.74, 6) is 0.978. The van der Waals surface area contributed by atoms with E-state index in [1.807, 2.05) is 29.2 Å². The summed E-state index contributed by atoms with van der Waals surface area (Å²) >= 11 is 0. The Hall–Kier alpha value is -3.22. The molecule has 1 atom stereocenters. The van der Waals surface area contributed by atoms with Gasteiger partial charge in [-0.15, -0.1) is 0 Å². The molecule has 0 spiro atoms. The molecule has 1 unspecified atom stereocenters. The van der Waals surface area contributed by atoms with Gasteiger partial charge in [0, 0.05) is 36.7 Å². The summed E-state index contributed by atoms with van der Waals surface area (Å²) < 4.78 is 0. The number of carbonyl (C=O) groups is 1. The van der Waals surface area contributed by atoms with E-state index in [0.29, 0.717) is 18.7 Å². The summed E-state index contributed by atoms with van der Waals surface area (Å²) in [4.78, 5) is 32.9. The number of amides is 1. The Morgan fingerprint density at radius 1 is 1.19 bits per heavy atom. The van der Waals surface area contributed by atoms with Crippen molar-refractivity contribution >= 4 is 22.6 Å². The highest BCUT2D eigenvalue weighted by Crippen LogP contribution is 2.27. The number of likely N-dealkylation sites (tertiary alicyclic amines) is 1. The van der Waals surface area contributed by atoms with Crippen LogP contribution >= 0.6 is 0 Å². The zero-order valence-corrected chi connectivity index (χ0v) is 14.1. The fourth-order valence-corrected chi connectivity index (χ4v) is 3.46. The Morgan fingerprint density at radius 3 is 2.69 bits per heavy atom. The molecule has 0 aliphatic carbocycles. The molecule has 7 nitrogen and oxygen atoms in total. The monoisotopic (exact) mass is 350 g/mol. The van der Waals surface area contributed by atoms with Crippen LogP contribution in [-0.4, -0.2) is 38.8 Å². The third kappa shape index (κ3) is 3.03. The van der Waals surface area contributed by atoms with Crippen LogP contribution in [0.4, 0.5) is 5.69 Å². The number of fused-ring (bicyclic) bond motifs is 1. The van der Waals surface area contributed by atoms with Gasteiger partial charge in [0.2, 0.25) is 0 Å². The molecular weight excluding hydrogens is 332 g/mol. The summed E-state index contributed by atoms with van der Waals surface area (Å²) in [5, 5.41) is 10.8. The first-order chi connectivity index (χ1) is 12.6. The van der Waals surface area contributed by atoms with Crippen molar-refractivity contribution in [3.8, 4) is 0 Å². The zero-order valence-electron chi connectivity index (χ0n) is 14.1. The maximum atomic E-state index is 12.8. The number of nitro benzene ring substituents is 1. The van der Waals surface area contributed by atoms with E-state index < -0.39 is 4.92 Å². The highest BCUT2D eigenvalue weighted by molar-refractivity contribution is 5.94. The highest BCUT2D eigenvalue weighted by atomic mass is 16.6. The lowest BCUT2D eigenvalue weighted by atomic mass is 9.96. The third-order valence-corrected chi connectivity index (χ3v) is 4.83. The second-order valence-electron chi connectivity index (χ2n) is 6.53. The molecule has 0 bridgehead atoms. The molecule has 26 heavy (non-hydrogen) atoms. The molecule has 2 heterocycles. The molecule has 0 radical (unpaired) electrons. The Kier molecular flexibility index (Phi) is 4.12. The molecule has 1 aliphatic rings. The Balaban J connectivity index is 1.52. The molecule has 1 aliphatic heterocycles. The summed E-state index contributed by atoms with van der Waals surface area (Å²) in [6.45, 7) is 1.28. The number of H-pyrrole nitrogens is 1. The standard InChI is InChI=1S/C19H18N4O3/c24-19(13-7-9-15(10-8-13)23(25)26)22-11-3-4-14(12-22)18-20-16-5-1-2-6-17(16)21-18/h1-2,5-10,14H,3-4,11-12H2,(H,20,21). The highest BCUT2D eigenvalue weighted by Gasteiger charge is 2.27. The van der Waals surface area contributed by atoms with E-state index in [4.69, 9.17) is 0 Å². The van der Waals surface area contributed by atoms with Crippen molar-refractivity contribution in [1.29, 1.82) is 0 Å². The van der Waals surface area contributed by atoms with Gasteiger partial charge >= 0.3 is 0 Å². The molecule has 2 aromatic carbocycles. The van der Waals surface area contributed by atoms with E-state index in [-0.39, 0.29) is 17.5 Å². The first-order valence-electron chi connectivity index (χ1n) is 8.60. The van der Waals surface area contributed by atoms with E-state index in [0.717, 1.165) is 29.7 Å². The number of hydrogen-bond acceptors (Lipinski definition) is 4. The van der Waals surface area contributed by atoms with E-state index >= 15 is 0 Å². The van der Waals surface area contributed by atoms with Crippen molar-refractivity contribution < 1.29 is 9.72 Å². The maximum Gasteiger partial charge on any atom is 0.269 e. The van der Waals surface area contributed by atoms with Crippen molar-refractivity contribution in [3.63, 3.8) is 0 Å². The molecule has 4 rings (SSSR count). The lowest BCUT2D eigenvalue weighted by Crippen LogP contribution is -2.39. The second-order valence-corrected chi connectivity index (χ2v) is 6.53. The van der Waals surface area contributed by atoms with Gasteiger partial charge in [-0.05, 0) is 37.1 Å². The Bertz CT molecular complexity index is 931. The van der Waals surface area contributed by atoms with Gasteiger partial charge in [-0.1, -0.05) is 12.1 Å². The number of imidazole rings is 1. The van der Waals surface area contributed by atoms with Crippen LogP contribution in [0, 0.1) is 10.1 Å². The molecule has 1 saturated heterocycles. The first kappa shape index (κ1) is 16.3. The zero-order chi connectivity index (χ0) is 18.1. The summed E-state index contributed by atoms with van der Waals surface area (Å²) in [5.41, 5.74) is 2.39. The number of benzene rings is 2. The van der Waals surface area contributed by atoms with Crippen LogP contribution in [-0.2, 0) is 0 Å². The Labute approximate surface area is 149 Å². The molecule has 3 aromatic rings. The number of rotatable bonds is 3. The van der Waals surface area contributed by atoms with Crippen LogP contribution < -0.4 is 0 Å². The van der Waals surface area contributed by atoms with Gasteiger partial charge in [0.05, 0.1) is 16.0 Å². The topological polar surface area (TPSA) is 92.1 Å². The van der Waals surface area contributed by atoms with Crippen LogP contribution in [0.2, 0.25) is 0 Å². The molecule has 1 fully saturated rings. The normalized spacial score (nSPS) is 17.4. The van der Waals surface area contributed by atoms with Crippen LogP contribution in [0.1, 0.15) is 34.9 Å². The molecule has 1 N–H and O–H groups in total. The van der Waals surface area contributed by atoms with E-state index in [1.54, 1.807) is 0 Å². The number of hydrogen-bond donors (Lipinski definition) is 1. The quantitative estimate of drug-likeness (QED) is 0.578. The molecule has 0 saturated carbocycles. The minimum absolute atomic E-state index is 0.0136. The van der Waals surface area contributed by atoms with Gasteiger partial charge in [0.1, 0.15) is 5.82 Å². The van der Waals surface area contributed by atoms with Crippen molar-refractivity contribution in [2.75, 3.05) is 13.1 Å². The van der Waals surface area contributed by atoms with Gasteiger partial charge in [0.25, 0.3) is 11.6 Å². The number of nitro groups is 1. The summed E-state index contributed by atoms with van der Waals surface area (Å²) in [7, 11) is 0. The van der Waals surface area contributed by atoms with Gasteiger partial charge in [0.15, 0.2) is 0 Å². The second kappa shape index (κ2) is 6.59. The van der Waals surface area contributed by atoms with E-state index in [1.165, 1.54) is 24.3 Å². The fourth-order valence-electron chi connectivity index (χ4n) is 3.46. The molecule has 1 amide bonds. The van der Waals surface area contributed by atoms with Gasteiger partial charge in [-0.3, -0.25) is 14.9 Å². The van der Waals surface area contributed by atoms with Gasteiger partial charge in [-0.2, -0.15) is 0 Å². The largest absolute Gasteiger partial charge is 0.342 e. The van der Waals surface area contributed by atoms with Crippen LogP contribution in [0.25, 0.3) is 11.0 Å².